The molecule has 0 amide bonds. The molecule has 0 aliphatic carbocycles. The lowest BCUT2D eigenvalue weighted by molar-refractivity contribution is 0.0997. The lowest BCUT2D eigenvalue weighted by Gasteiger charge is -2.08. The van der Waals surface area contributed by atoms with E-state index in [-0.39, 0.29) is 5.78 Å². The highest BCUT2D eigenvalue weighted by molar-refractivity contribution is 7.89. The Bertz CT molecular complexity index is 803. The van der Waals surface area contributed by atoms with Crippen LogP contribution >= 0.6 is 0 Å². The minimum absolute atomic E-state index is 0.358. The third-order valence-corrected chi connectivity index (χ3v) is 4.77. The van der Waals surface area contributed by atoms with Crippen LogP contribution in [0.3, 0.4) is 0 Å². The zero-order chi connectivity index (χ0) is 16.9. The third kappa shape index (κ3) is 4.46. The molecule has 122 valence electrons. The number of ketones is 1. The molecule has 0 heterocycles. The van der Waals surface area contributed by atoms with Crippen molar-refractivity contribution in [2.45, 2.75) is 24.7 Å². The molecule has 23 heavy (non-hydrogen) atoms. The first-order valence-electron chi connectivity index (χ1n) is 7.30. The maximum atomic E-state index is 13.6. The Morgan fingerprint density at radius 1 is 1.13 bits per heavy atom. The van der Waals surface area contributed by atoms with E-state index in [0.717, 1.165) is 30.5 Å². The smallest absolute Gasteiger partial charge is 0.243 e. The quantitative estimate of drug-likeness (QED) is 0.791. The average molecular weight is 335 g/mol. The molecule has 2 rings (SSSR count). The molecule has 6 heteroatoms. The summed E-state index contributed by atoms with van der Waals surface area (Å²) in [7, 11) is -4.06. The van der Waals surface area contributed by atoms with Crippen LogP contribution in [0.2, 0.25) is 0 Å². The Morgan fingerprint density at radius 3 is 2.57 bits per heavy atom. The molecule has 0 aliphatic rings. The van der Waals surface area contributed by atoms with Crippen molar-refractivity contribution < 1.29 is 17.6 Å². The van der Waals surface area contributed by atoms with Crippen molar-refractivity contribution in [1.82, 2.24) is 4.72 Å². The van der Waals surface area contributed by atoms with Gasteiger partial charge in [-0.05, 0) is 30.2 Å². The van der Waals surface area contributed by atoms with Gasteiger partial charge >= 0.3 is 0 Å². The van der Waals surface area contributed by atoms with Crippen LogP contribution in [0.15, 0.2) is 53.4 Å². The molecule has 0 aliphatic heterocycles. The normalized spacial score (nSPS) is 11.4. The van der Waals surface area contributed by atoms with Crippen LogP contribution < -0.4 is 4.72 Å². The molecular weight excluding hydrogens is 317 g/mol. The summed E-state index contributed by atoms with van der Waals surface area (Å²) >= 11 is 0. The molecular formula is C17H18FNO3S. The van der Waals surface area contributed by atoms with E-state index < -0.39 is 27.3 Å². The fourth-order valence-electron chi connectivity index (χ4n) is 2.19. The van der Waals surface area contributed by atoms with E-state index in [1.807, 2.05) is 13.0 Å². The summed E-state index contributed by atoms with van der Waals surface area (Å²) in [6, 6.07) is 12.1. The summed E-state index contributed by atoms with van der Waals surface area (Å²) in [5, 5.41) is 0. The highest BCUT2D eigenvalue weighted by Crippen LogP contribution is 2.13. The number of sulfonamides is 1. The topological polar surface area (TPSA) is 63.2 Å². The molecule has 0 saturated carbocycles. The van der Waals surface area contributed by atoms with Crippen LogP contribution in [0.5, 0.6) is 0 Å². The van der Waals surface area contributed by atoms with Gasteiger partial charge in [0.2, 0.25) is 10.0 Å². The van der Waals surface area contributed by atoms with Crippen LogP contribution in [0.4, 0.5) is 4.39 Å². The van der Waals surface area contributed by atoms with Gasteiger partial charge in [0.15, 0.2) is 5.78 Å². The standard InChI is InChI=1S/C17H18FNO3S/c1-2-6-13-7-5-8-14(11-13)16(20)12-19-23(21,22)17-10-4-3-9-15(17)18/h3-5,7-11,19H,2,6,12H2,1H3. The van der Waals surface area contributed by atoms with Gasteiger partial charge in [0.05, 0.1) is 6.54 Å². The summed E-state index contributed by atoms with van der Waals surface area (Å²) < 4.78 is 39.8. The first-order chi connectivity index (χ1) is 10.9. The molecule has 0 spiro atoms. The Morgan fingerprint density at radius 2 is 1.87 bits per heavy atom. The number of hydrogen-bond donors (Lipinski definition) is 1. The molecule has 2 aromatic rings. The maximum Gasteiger partial charge on any atom is 0.243 e. The van der Waals surface area contributed by atoms with E-state index >= 15 is 0 Å². The first-order valence-corrected chi connectivity index (χ1v) is 8.78. The Hall–Kier alpha value is -2.05. The summed E-state index contributed by atoms with van der Waals surface area (Å²) in [6.07, 6.45) is 1.81. The predicted octanol–water partition coefficient (Wildman–Crippen LogP) is 2.94. The molecule has 4 nitrogen and oxygen atoms in total. The summed E-state index contributed by atoms with van der Waals surface area (Å²) in [4.78, 5) is 11.7. The molecule has 1 N–H and O–H groups in total. The maximum absolute atomic E-state index is 13.6. The van der Waals surface area contributed by atoms with Gasteiger partial charge in [-0.1, -0.05) is 43.7 Å². The lowest BCUT2D eigenvalue weighted by Crippen LogP contribution is -2.30. The second-order valence-corrected chi connectivity index (χ2v) is 6.86. The van der Waals surface area contributed by atoms with Crippen LogP contribution in [0.1, 0.15) is 29.3 Å². The van der Waals surface area contributed by atoms with Gasteiger partial charge in [-0.15, -0.1) is 0 Å². The van der Waals surface area contributed by atoms with E-state index in [4.69, 9.17) is 0 Å². The van der Waals surface area contributed by atoms with Crippen molar-refractivity contribution in [3.8, 4) is 0 Å². The Kier molecular flexibility index (Phi) is 5.63. The number of Topliss-reactive ketones (excluding diaryl/α,β-unsaturated/α-hetero) is 1. The van der Waals surface area contributed by atoms with Gasteiger partial charge in [0.25, 0.3) is 0 Å². The molecule has 0 radical (unpaired) electrons. The average Bonchev–Trinajstić information content (AvgIpc) is 2.53. The Labute approximate surface area is 135 Å². The molecule has 0 bridgehead atoms. The lowest BCUT2D eigenvalue weighted by atomic mass is 10.0. The van der Waals surface area contributed by atoms with E-state index in [1.165, 1.54) is 12.1 Å². The largest absolute Gasteiger partial charge is 0.293 e. The fourth-order valence-corrected chi connectivity index (χ4v) is 3.25. The van der Waals surface area contributed by atoms with E-state index in [1.54, 1.807) is 18.2 Å². The number of halogens is 1. The predicted molar refractivity (Wildman–Crippen MR) is 86.4 cm³/mol. The summed E-state index contributed by atoms with van der Waals surface area (Å²) in [5.74, 6) is -1.21. The highest BCUT2D eigenvalue weighted by Gasteiger charge is 2.19. The van der Waals surface area contributed by atoms with Crippen molar-refractivity contribution >= 4 is 15.8 Å². The number of rotatable bonds is 7. The molecule has 0 atom stereocenters. The fraction of sp³-hybridized carbons (Fsp3) is 0.235. The number of carbonyl (C=O) groups is 1. The molecule has 0 saturated heterocycles. The van der Waals surface area contributed by atoms with E-state index in [9.17, 15) is 17.6 Å². The SMILES string of the molecule is CCCc1cccc(C(=O)CNS(=O)(=O)c2ccccc2F)c1. The number of hydrogen-bond acceptors (Lipinski definition) is 3. The zero-order valence-corrected chi connectivity index (χ0v) is 13.6. The van der Waals surface area contributed by atoms with Crippen LogP contribution in [0, 0.1) is 5.82 Å². The van der Waals surface area contributed by atoms with Crippen molar-refractivity contribution in [2.75, 3.05) is 6.54 Å². The van der Waals surface area contributed by atoms with Crippen molar-refractivity contribution in [3.63, 3.8) is 0 Å². The van der Waals surface area contributed by atoms with Gasteiger partial charge in [0.1, 0.15) is 10.7 Å². The van der Waals surface area contributed by atoms with E-state index in [0.29, 0.717) is 5.56 Å². The summed E-state index contributed by atoms with van der Waals surface area (Å²) in [5.41, 5.74) is 1.46. The van der Waals surface area contributed by atoms with Crippen LogP contribution in [-0.2, 0) is 16.4 Å². The van der Waals surface area contributed by atoms with Crippen LogP contribution in [-0.4, -0.2) is 20.7 Å². The van der Waals surface area contributed by atoms with Gasteiger partial charge in [-0.3, -0.25) is 4.79 Å². The van der Waals surface area contributed by atoms with Gasteiger partial charge in [-0.2, -0.15) is 0 Å². The van der Waals surface area contributed by atoms with Gasteiger partial charge in [-0.25, -0.2) is 17.5 Å². The molecule has 0 fully saturated rings. The van der Waals surface area contributed by atoms with Crippen molar-refractivity contribution in [3.05, 3.63) is 65.5 Å². The monoisotopic (exact) mass is 335 g/mol. The minimum Gasteiger partial charge on any atom is -0.293 e. The highest BCUT2D eigenvalue weighted by atomic mass is 32.2. The van der Waals surface area contributed by atoms with Crippen molar-refractivity contribution in [1.29, 1.82) is 0 Å². The van der Waals surface area contributed by atoms with Gasteiger partial charge in [0, 0.05) is 5.56 Å². The second kappa shape index (κ2) is 7.48. The summed E-state index contributed by atoms with van der Waals surface area (Å²) in [6.45, 7) is 1.63. The zero-order valence-electron chi connectivity index (χ0n) is 12.8. The number of nitrogens with one attached hydrogen (secondary N) is 1. The second-order valence-electron chi connectivity index (χ2n) is 5.13. The minimum atomic E-state index is -4.06. The van der Waals surface area contributed by atoms with Gasteiger partial charge < -0.3 is 0 Å². The molecule has 2 aromatic carbocycles. The molecule has 0 aromatic heterocycles. The first kappa shape index (κ1) is 17.3. The Balaban J connectivity index is 2.10. The van der Waals surface area contributed by atoms with Crippen LogP contribution in [0.25, 0.3) is 0 Å². The number of benzene rings is 2. The molecule has 0 unspecified atom stereocenters. The third-order valence-electron chi connectivity index (χ3n) is 3.34. The van der Waals surface area contributed by atoms with E-state index in [2.05, 4.69) is 4.72 Å². The number of carbonyl (C=O) groups excluding carboxylic acids is 1. The number of aryl methyl sites for hydroxylation is 1. The van der Waals surface area contributed by atoms with Crippen molar-refractivity contribution in [2.24, 2.45) is 0 Å².